The van der Waals surface area contributed by atoms with E-state index in [1.165, 1.54) is 12.1 Å². The second-order valence-electron chi connectivity index (χ2n) is 4.21. The van der Waals surface area contributed by atoms with Crippen molar-refractivity contribution in [2.24, 2.45) is 0 Å². The van der Waals surface area contributed by atoms with Gasteiger partial charge in [0, 0.05) is 17.7 Å². The molecule has 0 saturated heterocycles. The van der Waals surface area contributed by atoms with Crippen LogP contribution in [0.2, 0.25) is 0 Å². The van der Waals surface area contributed by atoms with E-state index in [1.807, 2.05) is 6.92 Å². The Morgan fingerprint density at radius 2 is 2.16 bits per heavy atom. The summed E-state index contributed by atoms with van der Waals surface area (Å²) in [5, 5.41) is 21.6. The number of benzene rings is 1. The van der Waals surface area contributed by atoms with Gasteiger partial charge in [-0.25, -0.2) is 0 Å². The second kappa shape index (κ2) is 5.15. The van der Waals surface area contributed by atoms with E-state index < -0.39 is 4.92 Å². The van der Waals surface area contributed by atoms with Gasteiger partial charge in [0.05, 0.1) is 11.0 Å². The predicted molar refractivity (Wildman–Crippen MR) is 68.6 cm³/mol. The number of hydrogen-bond donors (Lipinski definition) is 1. The maximum atomic E-state index is 10.7. The molecule has 1 atom stereocenters. The molecule has 7 heteroatoms. The van der Waals surface area contributed by atoms with Crippen molar-refractivity contribution >= 4 is 5.69 Å². The summed E-state index contributed by atoms with van der Waals surface area (Å²) in [6.07, 6.45) is 0. The lowest BCUT2D eigenvalue weighted by Crippen LogP contribution is -2.12. The van der Waals surface area contributed by atoms with Crippen molar-refractivity contribution < 1.29 is 9.34 Å². The third-order valence-corrected chi connectivity index (χ3v) is 2.90. The first-order valence-corrected chi connectivity index (χ1v) is 5.79. The minimum Gasteiger partial charge on any atom is -0.419 e. The van der Waals surface area contributed by atoms with Crippen LogP contribution in [0.5, 0.6) is 0 Å². The summed E-state index contributed by atoms with van der Waals surface area (Å²) in [6, 6.07) is 4.49. The number of rotatable bonds is 4. The van der Waals surface area contributed by atoms with Gasteiger partial charge in [-0.2, -0.15) is 0 Å². The summed E-state index contributed by atoms with van der Waals surface area (Å²) < 4.78 is 5.55. The number of aryl methyl sites for hydroxylation is 1. The first-order chi connectivity index (χ1) is 9.02. The van der Waals surface area contributed by atoms with E-state index in [0.29, 0.717) is 17.3 Å². The maximum Gasteiger partial charge on any atom is 0.269 e. The maximum absolute atomic E-state index is 10.7. The van der Waals surface area contributed by atoms with Gasteiger partial charge in [0.25, 0.3) is 5.69 Å². The van der Waals surface area contributed by atoms with Gasteiger partial charge in [-0.15, -0.1) is 10.2 Å². The average molecular weight is 262 g/mol. The standard InChI is InChI=1S/C12H14N4O3/c1-7-6-9(16(17)18)4-5-10(7)12-15-14-11(19-12)8(2)13-3/h4-6,8,13H,1-3H3. The summed E-state index contributed by atoms with van der Waals surface area (Å²) in [5.74, 6) is 0.847. The van der Waals surface area contributed by atoms with Crippen molar-refractivity contribution in [2.75, 3.05) is 7.05 Å². The van der Waals surface area contributed by atoms with Gasteiger partial charge in [0.2, 0.25) is 11.8 Å². The summed E-state index contributed by atoms with van der Waals surface area (Å²) in [6.45, 7) is 3.67. The van der Waals surface area contributed by atoms with Crippen LogP contribution in [0.3, 0.4) is 0 Å². The largest absolute Gasteiger partial charge is 0.419 e. The molecule has 1 aromatic heterocycles. The lowest BCUT2D eigenvalue weighted by Gasteiger charge is -2.03. The molecule has 0 amide bonds. The number of nitro benzene ring substituents is 1. The number of non-ortho nitro benzene ring substituents is 1. The Morgan fingerprint density at radius 3 is 2.74 bits per heavy atom. The first kappa shape index (κ1) is 13.2. The van der Waals surface area contributed by atoms with Crippen molar-refractivity contribution in [1.29, 1.82) is 0 Å². The van der Waals surface area contributed by atoms with Crippen LogP contribution < -0.4 is 5.32 Å². The summed E-state index contributed by atoms with van der Waals surface area (Å²) in [4.78, 5) is 10.2. The van der Waals surface area contributed by atoms with E-state index in [1.54, 1.807) is 20.0 Å². The van der Waals surface area contributed by atoms with Gasteiger partial charge in [0.15, 0.2) is 0 Å². The van der Waals surface area contributed by atoms with Gasteiger partial charge >= 0.3 is 0 Å². The molecule has 2 aromatic rings. The zero-order chi connectivity index (χ0) is 14.0. The smallest absolute Gasteiger partial charge is 0.269 e. The molecular formula is C12H14N4O3. The van der Waals surface area contributed by atoms with Gasteiger partial charge in [-0.1, -0.05) is 0 Å². The van der Waals surface area contributed by atoms with Gasteiger partial charge in [0.1, 0.15) is 0 Å². The molecule has 0 fully saturated rings. The Kier molecular flexibility index (Phi) is 3.57. The Labute approximate surface area is 109 Å². The minimum absolute atomic E-state index is 0.0420. The van der Waals surface area contributed by atoms with E-state index in [9.17, 15) is 10.1 Å². The Balaban J connectivity index is 2.37. The van der Waals surface area contributed by atoms with Crippen LogP contribution in [0, 0.1) is 17.0 Å². The van der Waals surface area contributed by atoms with Crippen LogP contribution in [0.25, 0.3) is 11.5 Å². The third kappa shape index (κ3) is 2.60. The highest BCUT2D eigenvalue weighted by Crippen LogP contribution is 2.26. The molecule has 7 nitrogen and oxygen atoms in total. The molecule has 1 N–H and O–H groups in total. The van der Waals surface area contributed by atoms with E-state index in [4.69, 9.17) is 4.42 Å². The van der Waals surface area contributed by atoms with Gasteiger partial charge < -0.3 is 9.73 Å². The topological polar surface area (TPSA) is 94.1 Å². The molecule has 0 aliphatic carbocycles. The molecule has 0 spiro atoms. The number of hydrogen-bond acceptors (Lipinski definition) is 6. The second-order valence-corrected chi connectivity index (χ2v) is 4.21. The molecule has 0 aliphatic rings. The zero-order valence-electron chi connectivity index (χ0n) is 10.9. The molecule has 1 unspecified atom stereocenters. The molecule has 0 bridgehead atoms. The fourth-order valence-corrected chi connectivity index (χ4v) is 1.64. The van der Waals surface area contributed by atoms with E-state index in [0.717, 1.165) is 5.56 Å². The van der Waals surface area contributed by atoms with Crippen molar-refractivity contribution in [1.82, 2.24) is 15.5 Å². The number of nitrogens with one attached hydrogen (secondary N) is 1. The van der Waals surface area contributed by atoms with E-state index in [2.05, 4.69) is 15.5 Å². The fraction of sp³-hybridized carbons (Fsp3) is 0.333. The monoisotopic (exact) mass is 262 g/mol. The molecule has 100 valence electrons. The predicted octanol–water partition coefficient (Wildman–Crippen LogP) is 2.23. The Morgan fingerprint density at radius 1 is 1.42 bits per heavy atom. The number of nitrogens with zero attached hydrogens (tertiary/aromatic N) is 3. The zero-order valence-corrected chi connectivity index (χ0v) is 10.9. The summed E-state index contributed by atoms with van der Waals surface area (Å²) in [7, 11) is 1.80. The van der Waals surface area contributed by atoms with Crippen LogP contribution in [-0.4, -0.2) is 22.2 Å². The molecule has 0 saturated carbocycles. The quantitative estimate of drug-likeness (QED) is 0.670. The third-order valence-electron chi connectivity index (χ3n) is 2.90. The van der Waals surface area contributed by atoms with Gasteiger partial charge in [-0.05, 0) is 32.5 Å². The number of nitro groups is 1. The fourth-order valence-electron chi connectivity index (χ4n) is 1.64. The molecule has 2 rings (SSSR count). The lowest BCUT2D eigenvalue weighted by atomic mass is 10.1. The molecule has 19 heavy (non-hydrogen) atoms. The van der Waals surface area contributed by atoms with Crippen LogP contribution >= 0.6 is 0 Å². The van der Waals surface area contributed by atoms with Crippen LogP contribution in [0.15, 0.2) is 22.6 Å². The SMILES string of the molecule is CNC(C)c1nnc(-c2ccc([N+](=O)[O-])cc2C)o1. The highest BCUT2D eigenvalue weighted by atomic mass is 16.6. The van der Waals surface area contributed by atoms with Crippen LogP contribution in [-0.2, 0) is 0 Å². The van der Waals surface area contributed by atoms with Crippen molar-refractivity contribution in [3.63, 3.8) is 0 Å². The molecular weight excluding hydrogens is 248 g/mol. The lowest BCUT2D eigenvalue weighted by molar-refractivity contribution is -0.384. The van der Waals surface area contributed by atoms with E-state index >= 15 is 0 Å². The van der Waals surface area contributed by atoms with Gasteiger partial charge in [-0.3, -0.25) is 10.1 Å². The molecule has 1 heterocycles. The Hall–Kier alpha value is -2.28. The summed E-state index contributed by atoms with van der Waals surface area (Å²) in [5.41, 5.74) is 1.47. The molecule has 0 radical (unpaired) electrons. The van der Waals surface area contributed by atoms with Crippen LogP contribution in [0.4, 0.5) is 5.69 Å². The van der Waals surface area contributed by atoms with E-state index in [-0.39, 0.29) is 11.7 Å². The van der Waals surface area contributed by atoms with Crippen molar-refractivity contribution in [2.45, 2.75) is 19.9 Å². The molecule has 0 aliphatic heterocycles. The average Bonchev–Trinajstić information content (AvgIpc) is 2.87. The normalized spacial score (nSPS) is 12.4. The summed E-state index contributed by atoms with van der Waals surface area (Å²) >= 11 is 0. The first-order valence-electron chi connectivity index (χ1n) is 5.79. The highest BCUT2D eigenvalue weighted by Gasteiger charge is 2.16. The van der Waals surface area contributed by atoms with Crippen molar-refractivity contribution in [3.05, 3.63) is 39.8 Å². The highest BCUT2D eigenvalue weighted by molar-refractivity contribution is 5.60. The molecule has 1 aromatic carbocycles. The van der Waals surface area contributed by atoms with Crippen LogP contribution in [0.1, 0.15) is 24.4 Å². The van der Waals surface area contributed by atoms with Crippen molar-refractivity contribution in [3.8, 4) is 11.5 Å². The minimum atomic E-state index is -0.431. The number of aromatic nitrogens is 2. The Bertz CT molecular complexity index is 609.